The number of nitrogens with zero attached hydrogens (tertiary/aromatic N) is 1. The Bertz CT molecular complexity index is 675. The van der Waals surface area contributed by atoms with Gasteiger partial charge in [0.25, 0.3) is 0 Å². The molecule has 0 aliphatic carbocycles. The average Bonchev–Trinajstić information content (AvgIpc) is 2.91. The van der Waals surface area contributed by atoms with Gasteiger partial charge < -0.3 is 10.5 Å². The van der Waals surface area contributed by atoms with Crippen molar-refractivity contribution in [3.05, 3.63) is 23.5 Å². The Kier molecular flexibility index (Phi) is 4.20. The summed E-state index contributed by atoms with van der Waals surface area (Å²) < 4.78 is 44.7. The van der Waals surface area contributed by atoms with Gasteiger partial charge in [0.15, 0.2) is 0 Å². The van der Waals surface area contributed by atoms with Crippen LogP contribution in [0.3, 0.4) is 0 Å². The maximum atomic E-state index is 14.0. The van der Waals surface area contributed by atoms with Crippen LogP contribution in [0.5, 0.6) is 0 Å². The second-order valence-corrected chi connectivity index (χ2v) is 6.80. The monoisotopic (exact) mass is 316 g/mol. The molecule has 0 radical (unpaired) electrons. The summed E-state index contributed by atoms with van der Waals surface area (Å²) in [4.78, 5) is 11.1. The number of halogens is 1. The summed E-state index contributed by atoms with van der Waals surface area (Å²) in [6.07, 6.45) is 0.872. The SMILES string of the molecule is COC(=O)C1CCCN1S(=O)(=O)c1cc(N)c(C)cc1F. The molecule has 0 spiro atoms. The largest absolute Gasteiger partial charge is 0.468 e. The lowest BCUT2D eigenvalue weighted by Crippen LogP contribution is -2.41. The summed E-state index contributed by atoms with van der Waals surface area (Å²) in [6.45, 7) is 1.73. The molecule has 1 fully saturated rings. The number of esters is 1. The van der Waals surface area contributed by atoms with E-state index in [4.69, 9.17) is 5.73 Å². The number of hydrogen-bond donors (Lipinski definition) is 1. The normalized spacial score (nSPS) is 19.7. The van der Waals surface area contributed by atoms with Crippen LogP contribution in [-0.4, -0.2) is 38.4 Å². The number of rotatable bonds is 3. The van der Waals surface area contributed by atoms with Crippen molar-refractivity contribution in [2.24, 2.45) is 0 Å². The van der Waals surface area contributed by atoms with E-state index in [1.165, 1.54) is 7.11 Å². The fourth-order valence-corrected chi connectivity index (χ4v) is 4.12. The topological polar surface area (TPSA) is 89.7 Å². The Labute approximate surface area is 122 Å². The van der Waals surface area contributed by atoms with E-state index in [2.05, 4.69) is 4.74 Å². The number of ether oxygens (including phenoxy) is 1. The standard InChI is InChI=1S/C13H17FN2O4S/c1-8-6-9(14)12(7-10(8)15)21(18,19)16-5-3-4-11(16)13(17)20-2/h6-7,11H,3-5,15H2,1-2H3. The first-order chi connectivity index (χ1) is 9.78. The molecule has 2 rings (SSSR count). The lowest BCUT2D eigenvalue weighted by atomic mass is 10.2. The number of carbonyl (C=O) groups is 1. The molecule has 2 N–H and O–H groups in total. The molecule has 0 bridgehead atoms. The van der Waals surface area contributed by atoms with E-state index in [1.807, 2.05) is 0 Å². The average molecular weight is 316 g/mol. The van der Waals surface area contributed by atoms with Gasteiger partial charge in [-0.1, -0.05) is 0 Å². The Morgan fingerprint density at radius 2 is 2.14 bits per heavy atom. The molecule has 1 aliphatic heterocycles. The quantitative estimate of drug-likeness (QED) is 0.665. The van der Waals surface area contributed by atoms with E-state index in [0.717, 1.165) is 16.4 Å². The van der Waals surface area contributed by atoms with Crippen LogP contribution in [0.1, 0.15) is 18.4 Å². The van der Waals surface area contributed by atoms with Crippen LogP contribution in [0.15, 0.2) is 17.0 Å². The molecule has 1 aliphatic rings. The Hall–Kier alpha value is -1.67. The molecule has 1 atom stereocenters. The smallest absolute Gasteiger partial charge is 0.324 e. The highest BCUT2D eigenvalue weighted by Gasteiger charge is 2.41. The molecule has 1 aromatic rings. The number of sulfonamides is 1. The van der Waals surface area contributed by atoms with Gasteiger partial charge in [-0.15, -0.1) is 0 Å². The van der Waals surface area contributed by atoms with Gasteiger partial charge in [-0.2, -0.15) is 4.31 Å². The first-order valence-electron chi connectivity index (χ1n) is 6.44. The molecule has 116 valence electrons. The summed E-state index contributed by atoms with van der Waals surface area (Å²) in [5.74, 6) is -1.52. The zero-order chi connectivity index (χ0) is 15.8. The number of anilines is 1. The predicted octanol–water partition coefficient (Wildman–Crippen LogP) is 1.04. The molecule has 1 unspecified atom stereocenters. The van der Waals surface area contributed by atoms with Crippen molar-refractivity contribution >= 4 is 21.7 Å². The van der Waals surface area contributed by atoms with Gasteiger partial charge in [-0.25, -0.2) is 12.8 Å². The second kappa shape index (κ2) is 5.61. The van der Waals surface area contributed by atoms with Crippen LogP contribution in [-0.2, 0) is 19.6 Å². The summed E-state index contributed by atoms with van der Waals surface area (Å²) in [5, 5.41) is 0. The van der Waals surface area contributed by atoms with Crippen molar-refractivity contribution in [3.8, 4) is 0 Å². The maximum absolute atomic E-state index is 14.0. The van der Waals surface area contributed by atoms with E-state index in [-0.39, 0.29) is 12.2 Å². The zero-order valence-electron chi connectivity index (χ0n) is 11.8. The lowest BCUT2D eigenvalue weighted by molar-refractivity contribution is -0.144. The molecule has 0 aromatic heterocycles. The number of aryl methyl sites for hydroxylation is 1. The first kappa shape index (κ1) is 15.7. The van der Waals surface area contributed by atoms with Crippen molar-refractivity contribution in [2.45, 2.75) is 30.7 Å². The highest BCUT2D eigenvalue weighted by molar-refractivity contribution is 7.89. The van der Waals surface area contributed by atoms with E-state index in [9.17, 15) is 17.6 Å². The molecule has 1 aromatic carbocycles. The minimum absolute atomic E-state index is 0.148. The third kappa shape index (κ3) is 2.73. The third-order valence-electron chi connectivity index (χ3n) is 3.58. The fourth-order valence-electron chi connectivity index (χ4n) is 2.39. The van der Waals surface area contributed by atoms with Gasteiger partial charge in [0.2, 0.25) is 10.0 Å². The highest BCUT2D eigenvalue weighted by atomic mass is 32.2. The minimum Gasteiger partial charge on any atom is -0.468 e. The Morgan fingerprint density at radius 3 is 2.76 bits per heavy atom. The van der Waals surface area contributed by atoms with E-state index in [0.29, 0.717) is 18.4 Å². The van der Waals surface area contributed by atoms with E-state index < -0.39 is 32.7 Å². The number of methoxy groups -OCH3 is 1. The molecule has 0 saturated carbocycles. The number of nitrogen functional groups attached to an aromatic ring is 1. The first-order valence-corrected chi connectivity index (χ1v) is 7.88. The van der Waals surface area contributed by atoms with Crippen molar-refractivity contribution in [2.75, 3.05) is 19.4 Å². The summed E-state index contributed by atoms with van der Waals surface area (Å²) in [5.41, 5.74) is 6.30. The van der Waals surface area contributed by atoms with Crippen molar-refractivity contribution in [1.82, 2.24) is 4.31 Å². The number of nitrogens with two attached hydrogens (primary N) is 1. The van der Waals surface area contributed by atoms with Gasteiger partial charge in [0.05, 0.1) is 7.11 Å². The van der Waals surface area contributed by atoms with Crippen LogP contribution < -0.4 is 5.73 Å². The highest BCUT2D eigenvalue weighted by Crippen LogP contribution is 2.30. The zero-order valence-corrected chi connectivity index (χ0v) is 12.6. The lowest BCUT2D eigenvalue weighted by Gasteiger charge is -2.22. The Balaban J connectivity index is 2.47. The Morgan fingerprint density at radius 1 is 1.48 bits per heavy atom. The van der Waals surface area contributed by atoms with E-state index in [1.54, 1.807) is 6.92 Å². The van der Waals surface area contributed by atoms with Crippen LogP contribution in [0, 0.1) is 12.7 Å². The summed E-state index contributed by atoms with van der Waals surface area (Å²) in [6, 6.07) is 1.25. The second-order valence-electron chi connectivity index (χ2n) is 4.94. The molecule has 1 saturated heterocycles. The summed E-state index contributed by atoms with van der Waals surface area (Å²) in [7, 11) is -2.95. The molecular weight excluding hydrogens is 299 g/mol. The van der Waals surface area contributed by atoms with Gasteiger partial charge in [0.1, 0.15) is 16.8 Å². The number of hydrogen-bond acceptors (Lipinski definition) is 5. The molecule has 6 nitrogen and oxygen atoms in total. The molecule has 0 amide bonds. The van der Waals surface area contributed by atoms with Gasteiger partial charge >= 0.3 is 5.97 Å². The van der Waals surface area contributed by atoms with Crippen LogP contribution in [0.4, 0.5) is 10.1 Å². The molecule has 1 heterocycles. The van der Waals surface area contributed by atoms with Crippen molar-refractivity contribution in [1.29, 1.82) is 0 Å². The van der Waals surface area contributed by atoms with Crippen LogP contribution >= 0.6 is 0 Å². The predicted molar refractivity (Wildman–Crippen MR) is 74.5 cm³/mol. The van der Waals surface area contributed by atoms with Gasteiger partial charge in [0, 0.05) is 12.2 Å². The molecular formula is C13H17FN2O4S. The molecule has 8 heteroatoms. The van der Waals surface area contributed by atoms with Gasteiger partial charge in [-0.05, 0) is 37.5 Å². The number of benzene rings is 1. The maximum Gasteiger partial charge on any atom is 0.324 e. The van der Waals surface area contributed by atoms with Crippen molar-refractivity contribution < 1.29 is 22.3 Å². The minimum atomic E-state index is -4.14. The fraction of sp³-hybridized carbons (Fsp3) is 0.462. The third-order valence-corrected chi connectivity index (χ3v) is 5.51. The number of carbonyl (C=O) groups excluding carboxylic acids is 1. The summed E-state index contributed by atoms with van der Waals surface area (Å²) >= 11 is 0. The van der Waals surface area contributed by atoms with Crippen molar-refractivity contribution in [3.63, 3.8) is 0 Å². The van der Waals surface area contributed by atoms with E-state index >= 15 is 0 Å². The molecule has 21 heavy (non-hydrogen) atoms. The van der Waals surface area contributed by atoms with Crippen LogP contribution in [0.25, 0.3) is 0 Å². The van der Waals surface area contributed by atoms with Gasteiger partial charge in [-0.3, -0.25) is 4.79 Å². The van der Waals surface area contributed by atoms with Crippen LogP contribution in [0.2, 0.25) is 0 Å².